The monoisotopic (exact) mass is 320 g/mol. The smallest absolute Gasteiger partial charge is 0.469 e. The zero-order chi connectivity index (χ0) is 16.8. The quantitative estimate of drug-likeness (QED) is 0.754. The largest absolute Gasteiger partial charge is 0.573 e. The molecule has 0 N–H and O–H groups in total. The van der Waals surface area contributed by atoms with E-state index in [-0.39, 0.29) is 30.6 Å². The van der Waals surface area contributed by atoms with Crippen LogP contribution in [0.2, 0.25) is 0 Å². The Balaban J connectivity index is 3.16. The molecule has 1 rings (SSSR count). The summed E-state index contributed by atoms with van der Waals surface area (Å²) < 4.78 is 50.7. The van der Waals surface area contributed by atoms with Gasteiger partial charge in [0.05, 0.1) is 13.7 Å². The number of esters is 2. The van der Waals surface area contributed by atoms with Gasteiger partial charge in [-0.25, -0.2) is 4.79 Å². The van der Waals surface area contributed by atoms with Crippen molar-refractivity contribution in [2.75, 3.05) is 13.7 Å². The highest BCUT2D eigenvalue weighted by atomic mass is 19.4. The molecular weight excluding hydrogens is 305 g/mol. The molecule has 1 aromatic rings. The van der Waals surface area contributed by atoms with E-state index < -0.39 is 24.1 Å². The standard InChI is InChI=1S/C14H15F3O5/c1-3-21-13(19)10-6-4-5-9(7-8-11(18)20-2)12(10)22-14(15,16)17/h4-6H,3,7-8H2,1-2H3. The highest BCUT2D eigenvalue weighted by molar-refractivity contribution is 5.93. The van der Waals surface area contributed by atoms with E-state index in [1.165, 1.54) is 32.2 Å². The van der Waals surface area contributed by atoms with Crippen LogP contribution in [0.3, 0.4) is 0 Å². The molecular formula is C14H15F3O5. The normalized spacial score (nSPS) is 11.0. The topological polar surface area (TPSA) is 61.8 Å². The molecule has 0 aromatic heterocycles. The third-order valence-corrected chi connectivity index (χ3v) is 2.64. The summed E-state index contributed by atoms with van der Waals surface area (Å²) >= 11 is 0. The van der Waals surface area contributed by atoms with Crippen LogP contribution in [0.1, 0.15) is 29.3 Å². The van der Waals surface area contributed by atoms with Crippen LogP contribution >= 0.6 is 0 Å². The molecule has 0 radical (unpaired) electrons. The van der Waals surface area contributed by atoms with Gasteiger partial charge in [0.25, 0.3) is 0 Å². The first-order chi connectivity index (χ1) is 10.3. The Morgan fingerprint density at radius 3 is 2.45 bits per heavy atom. The van der Waals surface area contributed by atoms with Gasteiger partial charge in [-0.1, -0.05) is 12.1 Å². The molecule has 0 aliphatic carbocycles. The summed E-state index contributed by atoms with van der Waals surface area (Å²) in [5, 5.41) is 0. The molecule has 22 heavy (non-hydrogen) atoms. The van der Waals surface area contributed by atoms with Gasteiger partial charge in [0, 0.05) is 6.42 Å². The predicted octanol–water partition coefficient (Wildman–Crippen LogP) is 2.87. The minimum Gasteiger partial charge on any atom is -0.469 e. The first-order valence-electron chi connectivity index (χ1n) is 6.40. The lowest BCUT2D eigenvalue weighted by atomic mass is 10.0. The van der Waals surface area contributed by atoms with E-state index in [1.54, 1.807) is 0 Å². The zero-order valence-corrected chi connectivity index (χ0v) is 12.0. The summed E-state index contributed by atoms with van der Waals surface area (Å²) in [4.78, 5) is 22.9. The summed E-state index contributed by atoms with van der Waals surface area (Å²) in [5.41, 5.74) is -0.283. The van der Waals surface area contributed by atoms with Crippen LogP contribution in [0, 0.1) is 0 Å². The predicted molar refractivity (Wildman–Crippen MR) is 69.4 cm³/mol. The van der Waals surface area contributed by atoms with Crippen molar-refractivity contribution in [1.29, 1.82) is 0 Å². The lowest BCUT2D eigenvalue weighted by Crippen LogP contribution is -2.21. The summed E-state index contributed by atoms with van der Waals surface area (Å²) in [5.74, 6) is -2.17. The molecule has 8 heteroatoms. The fourth-order valence-corrected chi connectivity index (χ4v) is 1.73. The van der Waals surface area contributed by atoms with Gasteiger partial charge < -0.3 is 14.2 Å². The Hall–Kier alpha value is -2.25. The molecule has 0 aliphatic rings. The number of carbonyl (C=O) groups is 2. The molecule has 0 fully saturated rings. The van der Waals surface area contributed by atoms with Crippen molar-refractivity contribution >= 4 is 11.9 Å². The first kappa shape index (κ1) is 17.8. The van der Waals surface area contributed by atoms with Gasteiger partial charge in [-0.3, -0.25) is 4.79 Å². The first-order valence-corrected chi connectivity index (χ1v) is 6.40. The molecule has 5 nitrogen and oxygen atoms in total. The average molecular weight is 320 g/mol. The summed E-state index contributed by atoms with van der Waals surface area (Å²) in [6, 6.07) is 3.90. The van der Waals surface area contributed by atoms with Crippen LogP contribution in [-0.4, -0.2) is 32.0 Å². The summed E-state index contributed by atoms with van der Waals surface area (Å²) in [6.07, 6.45) is -5.18. The molecule has 122 valence electrons. The number of rotatable bonds is 6. The number of ether oxygens (including phenoxy) is 3. The summed E-state index contributed by atoms with van der Waals surface area (Å²) in [6.45, 7) is 1.54. The Morgan fingerprint density at radius 1 is 1.23 bits per heavy atom. The minimum atomic E-state index is -4.97. The highest BCUT2D eigenvalue weighted by Gasteiger charge is 2.34. The van der Waals surface area contributed by atoms with Crippen molar-refractivity contribution in [3.8, 4) is 5.75 Å². The van der Waals surface area contributed by atoms with Crippen LogP contribution in [0.15, 0.2) is 18.2 Å². The molecule has 0 saturated carbocycles. The van der Waals surface area contributed by atoms with E-state index in [9.17, 15) is 22.8 Å². The molecule has 0 bridgehead atoms. The number of benzene rings is 1. The molecule has 0 aliphatic heterocycles. The van der Waals surface area contributed by atoms with E-state index in [4.69, 9.17) is 4.74 Å². The second-order valence-corrected chi connectivity index (χ2v) is 4.14. The van der Waals surface area contributed by atoms with Crippen molar-refractivity contribution in [2.45, 2.75) is 26.1 Å². The van der Waals surface area contributed by atoms with E-state index in [1.807, 2.05) is 0 Å². The van der Waals surface area contributed by atoms with Gasteiger partial charge in [0.15, 0.2) is 0 Å². The van der Waals surface area contributed by atoms with Gasteiger partial charge >= 0.3 is 18.3 Å². The number of carbonyl (C=O) groups excluding carboxylic acids is 2. The van der Waals surface area contributed by atoms with Gasteiger partial charge in [-0.2, -0.15) is 0 Å². The van der Waals surface area contributed by atoms with Gasteiger partial charge in [-0.05, 0) is 25.0 Å². The van der Waals surface area contributed by atoms with Crippen molar-refractivity contribution < 1.29 is 37.0 Å². The molecule has 0 atom stereocenters. The van der Waals surface area contributed by atoms with E-state index >= 15 is 0 Å². The van der Waals surface area contributed by atoms with Gasteiger partial charge in [-0.15, -0.1) is 13.2 Å². The molecule has 0 heterocycles. The van der Waals surface area contributed by atoms with Crippen LogP contribution in [0.25, 0.3) is 0 Å². The van der Waals surface area contributed by atoms with Crippen LogP contribution < -0.4 is 4.74 Å². The summed E-state index contributed by atoms with van der Waals surface area (Å²) in [7, 11) is 1.17. The molecule has 0 saturated heterocycles. The average Bonchev–Trinajstić information content (AvgIpc) is 2.44. The molecule has 1 aromatic carbocycles. The maximum absolute atomic E-state index is 12.5. The van der Waals surface area contributed by atoms with Crippen LogP contribution in [-0.2, 0) is 20.7 Å². The highest BCUT2D eigenvalue weighted by Crippen LogP contribution is 2.31. The Kier molecular flexibility index (Phi) is 6.21. The molecule has 0 unspecified atom stereocenters. The lowest BCUT2D eigenvalue weighted by molar-refractivity contribution is -0.275. The van der Waals surface area contributed by atoms with Crippen molar-refractivity contribution in [2.24, 2.45) is 0 Å². The Labute approximate surface area is 125 Å². The number of aryl methyl sites for hydroxylation is 1. The van der Waals surface area contributed by atoms with Crippen molar-refractivity contribution in [1.82, 2.24) is 0 Å². The zero-order valence-electron chi connectivity index (χ0n) is 12.0. The number of methoxy groups -OCH3 is 1. The lowest BCUT2D eigenvalue weighted by Gasteiger charge is -2.16. The molecule has 0 amide bonds. The fraction of sp³-hybridized carbons (Fsp3) is 0.429. The number of hydrogen-bond donors (Lipinski definition) is 0. The molecule has 0 spiro atoms. The number of alkyl halides is 3. The third kappa shape index (κ3) is 5.27. The Morgan fingerprint density at radius 2 is 1.91 bits per heavy atom. The SMILES string of the molecule is CCOC(=O)c1cccc(CCC(=O)OC)c1OC(F)(F)F. The second-order valence-electron chi connectivity index (χ2n) is 4.14. The maximum atomic E-state index is 12.5. The van der Waals surface area contributed by atoms with E-state index in [0.717, 1.165) is 0 Å². The second kappa shape index (κ2) is 7.67. The number of halogens is 3. The van der Waals surface area contributed by atoms with Crippen molar-refractivity contribution in [3.05, 3.63) is 29.3 Å². The van der Waals surface area contributed by atoms with Gasteiger partial charge in [0.2, 0.25) is 0 Å². The fourth-order valence-electron chi connectivity index (χ4n) is 1.73. The third-order valence-electron chi connectivity index (χ3n) is 2.64. The van der Waals surface area contributed by atoms with Crippen LogP contribution in [0.4, 0.5) is 13.2 Å². The van der Waals surface area contributed by atoms with Crippen molar-refractivity contribution in [3.63, 3.8) is 0 Å². The minimum absolute atomic E-state index is 0.0106. The Bertz CT molecular complexity index is 540. The maximum Gasteiger partial charge on any atom is 0.573 e. The van der Waals surface area contributed by atoms with E-state index in [2.05, 4.69) is 9.47 Å². The number of hydrogen-bond acceptors (Lipinski definition) is 5. The van der Waals surface area contributed by atoms with E-state index in [0.29, 0.717) is 0 Å². The number of para-hydroxylation sites is 1. The van der Waals surface area contributed by atoms with Crippen LogP contribution in [0.5, 0.6) is 5.75 Å². The van der Waals surface area contributed by atoms with Gasteiger partial charge in [0.1, 0.15) is 11.3 Å².